The van der Waals surface area contributed by atoms with E-state index in [4.69, 9.17) is 5.73 Å². The van der Waals surface area contributed by atoms with Crippen molar-refractivity contribution in [2.75, 3.05) is 26.7 Å². The summed E-state index contributed by atoms with van der Waals surface area (Å²) in [5.41, 5.74) is 6.39. The Morgan fingerprint density at radius 2 is 2.12 bits per heavy atom. The summed E-state index contributed by atoms with van der Waals surface area (Å²) in [6.07, 6.45) is 3.31. The number of nitrogens with one attached hydrogen (secondary N) is 1. The smallest absolute Gasteiger partial charge is 0.217 e. The summed E-state index contributed by atoms with van der Waals surface area (Å²) in [4.78, 5) is 17.6. The summed E-state index contributed by atoms with van der Waals surface area (Å²) in [5, 5.41) is 3.34. The van der Waals surface area contributed by atoms with Gasteiger partial charge >= 0.3 is 0 Å². The molecule has 0 saturated carbocycles. The Morgan fingerprint density at radius 1 is 1.42 bits per heavy atom. The number of benzene rings is 1. The lowest BCUT2D eigenvalue weighted by Crippen LogP contribution is -2.47. The van der Waals surface area contributed by atoms with Gasteiger partial charge < -0.3 is 16.0 Å². The van der Waals surface area contributed by atoms with Crippen molar-refractivity contribution in [1.82, 2.24) is 10.2 Å². The molecule has 1 fully saturated rings. The molecule has 24 heavy (non-hydrogen) atoms. The molecule has 5 nitrogen and oxygen atoms in total. The maximum atomic E-state index is 12.9. The van der Waals surface area contributed by atoms with Gasteiger partial charge in [0.15, 0.2) is 5.96 Å². The van der Waals surface area contributed by atoms with Crippen molar-refractivity contribution in [2.24, 2.45) is 16.6 Å². The molecule has 0 radical (unpaired) electrons. The highest BCUT2D eigenvalue weighted by molar-refractivity contribution is 14.0. The zero-order chi connectivity index (χ0) is 16.7. The third-order valence-corrected chi connectivity index (χ3v) is 4.13. The first-order chi connectivity index (χ1) is 11.1. The van der Waals surface area contributed by atoms with E-state index < -0.39 is 0 Å². The van der Waals surface area contributed by atoms with E-state index in [0.29, 0.717) is 12.3 Å². The van der Waals surface area contributed by atoms with Gasteiger partial charge in [-0.3, -0.25) is 9.79 Å². The second kappa shape index (κ2) is 10.5. The van der Waals surface area contributed by atoms with Crippen LogP contribution in [0.15, 0.2) is 29.3 Å². The first-order valence-electron chi connectivity index (χ1n) is 8.07. The summed E-state index contributed by atoms with van der Waals surface area (Å²) < 4.78 is 12.9. The van der Waals surface area contributed by atoms with Crippen LogP contribution in [-0.4, -0.2) is 43.4 Å². The highest BCUT2D eigenvalue weighted by Gasteiger charge is 2.23. The lowest BCUT2D eigenvalue weighted by molar-refractivity contribution is -0.119. The minimum atomic E-state index is -0.240. The van der Waals surface area contributed by atoms with Gasteiger partial charge in [-0.25, -0.2) is 4.39 Å². The summed E-state index contributed by atoms with van der Waals surface area (Å²) in [5.74, 6) is 0.695. The number of aliphatic imine (C=N–C) groups is 1. The van der Waals surface area contributed by atoms with Crippen LogP contribution in [0.4, 0.5) is 4.39 Å². The average Bonchev–Trinajstić information content (AvgIpc) is 2.53. The zero-order valence-corrected chi connectivity index (χ0v) is 16.3. The van der Waals surface area contributed by atoms with Crippen molar-refractivity contribution in [3.05, 3.63) is 35.6 Å². The Morgan fingerprint density at radius 3 is 2.75 bits per heavy atom. The Kier molecular flexibility index (Phi) is 9.02. The van der Waals surface area contributed by atoms with Crippen LogP contribution in [0.1, 0.15) is 24.8 Å². The summed E-state index contributed by atoms with van der Waals surface area (Å²) in [7, 11) is 1.76. The van der Waals surface area contributed by atoms with Crippen molar-refractivity contribution in [3.63, 3.8) is 0 Å². The summed E-state index contributed by atoms with van der Waals surface area (Å²) in [6.45, 7) is 2.47. The molecular formula is C17H26FIN4O. The van der Waals surface area contributed by atoms with E-state index >= 15 is 0 Å². The van der Waals surface area contributed by atoms with Gasteiger partial charge in [-0.05, 0) is 42.9 Å². The van der Waals surface area contributed by atoms with Gasteiger partial charge in [-0.2, -0.15) is 0 Å². The number of carbonyl (C=O) groups excluding carboxylic acids is 1. The predicted octanol–water partition coefficient (Wildman–Crippen LogP) is 2.15. The number of hydrogen-bond acceptors (Lipinski definition) is 2. The number of rotatable bonds is 5. The van der Waals surface area contributed by atoms with Crippen molar-refractivity contribution >= 4 is 35.8 Å². The molecule has 1 aliphatic heterocycles. The molecule has 1 aromatic carbocycles. The molecule has 0 aromatic heterocycles. The van der Waals surface area contributed by atoms with Gasteiger partial charge in [0.05, 0.1) is 0 Å². The third-order valence-electron chi connectivity index (χ3n) is 4.13. The number of amides is 1. The van der Waals surface area contributed by atoms with E-state index in [1.54, 1.807) is 19.2 Å². The quantitative estimate of drug-likeness (QED) is 0.412. The van der Waals surface area contributed by atoms with Crippen LogP contribution in [0.25, 0.3) is 0 Å². The minimum Gasteiger partial charge on any atom is -0.370 e. The number of primary amides is 1. The molecule has 2 rings (SSSR count). The van der Waals surface area contributed by atoms with E-state index in [1.807, 2.05) is 0 Å². The maximum Gasteiger partial charge on any atom is 0.217 e. The van der Waals surface area contributed by atoms with E-state index in [9.17, 15) is 9.18 Å². The molecule has 0 spiro atoms. The number of likely N-dealkylation sites (tertiary alicyclic amines) is 1. The van der Waals surface area contributed by atoms with Crippen LogP contribution in [0.3, 0.4) is 0 Å². The predicted molar refractivity (Wildman–Crippen MR) is 105 cm³/mol. The van der Waals surface area contributed by atoms with Crippen molar-refractivity contribution in [2.45, 2.75) is 25.7 Å². The molecule has 0 aliphatic carbocycles. The SMILES string of the molecule is CN=C(NCCc1ccc(F)cc1)N1CCCC(CC(N)=O)C1.I. The monoisotopic (exact) mass is 448 g/mol. The van der Waals surface area contributed by atoms with Crippen molar-refractivity contribution in [3.8, 4) is 0 Å². The Hall–Kier alpha value is -1.38. The van der Waals surface area contributed by atoms with Crippen molar-refractivity contribution in [1.29, 1.82) is 0 Å². The molecule has 1 amide bonds. The molecule has 1 saturated heterocycles. The topological polar surface area (TPSA) is 70.7 Å². The van der Waals surface area contributed by atoms with Gasteiger partial charge in [0.1, 0.15) is 5.82 Å². The molecule has 1 unspecified atom stereocenters. The fourth-order valence-electron chi connectivity index (χ4n) is 3.01. The van der Waals surface area contributed by atoms with E-state index in [0.717, 1.165) is 50.4 Å². The molecule has 1 heterocycles. The fraction of sp³-hybridized carbons (Fsp3) is 0.529. The normalized spacial score (nSPS) is 18.0. The standard InChI is InChI=1S/C17H25FN4O.HI/c1-20-17(21-9-8-13-4-6-15(18)7-5-13)22-10-2-3-14(12-22)11-16(19)23;/h4-7,14H,2-3,8-12H2,1H3,(H2,19,23)(H,20,21);1H. The van der Waals surface area contributed by atoms with Gasteiger partial charge in [0.2, 0.25) is 5.91 Å². The number of piperidine rings is 1. The first-order valence-corrected chi connectivity index (χ1v) is 8.07. The number of nitrogens with two attached hydrogens (primary N) is 1. The van der Waals surface area contributed by atoms with Gasteiger partial charge in [-0.1, -0.05) is 12.1 Å². The second-order valence-electron chi connectivity index (χ2n) is 5.98. The van der Waals surface area contributed by atoms with Crippen LogP contribution >= 0.6 is 24.0 Å². The number of carbonyl (C=O) groups is 1. The average molecular weight is 448 g/mol. The highest BCUT2D eigenvalue weighted by Crippen LogP contribution is 2.19. The van der Waals surface area contributed by atoms with Gasteiger partial charge in [0, 0.05) is 33.1 Å². The Bertz CT molecular complexity index is 550. The lowest BCUT2D eigenvalue weighted by atomic mass is 9.95. The van der Waals surface area contributed by atoms with Crippen molar-refractivity contribution < 1.29 is 9.18 Å². The van der Waals surface area contributed by atoms with E-state index in [-0.39, 0.29) is 35.7 Å². The molecule has 0 bridgehead atoms. The van der Waals surface area contributed by atoms with Crippen LogP contribution in [-0.2, 0) is 11.2 Å². The Balaban J connectivity index is 0.00000288. The lowest BCUT2D eigenvalue weighted by Gasteiger charge is -2.34. The minimum absolute atomic E-state index is 0. The fourth-order valence-corrected chi connectivity index (χ4v) is 3.01. The number of hydrogen-bond donors (Lipinski definition) is 2. The highest BCUT2D eigenvalue weighted by atomic mass is 127. The van der Waals surface area contributed by atoms with Crippen LogP contribution in [0, 0.1) is 11.7 Å². The summed E-state index contributed by atoms with van der Waals surface area (Å²) in [6, 6.07) is 6.54. The summed E-state index contributed by atoms with van der Waals surface area (Å²) >= 11 is 0. The first kappa shape index (κ1) is 20.7. The molecule has 1 aromatic rings. The number of guanidine groups is 1. The van der Waals surface area contributed by atoms with E-state index in [1.165, 1.54) is 12.1 Å². The number of halogens is 2. The largest absolute Gasteiger partial charge is 0.370 e. The third kappa shape index (κ3) is 6.62. The molecule has 3 N–H and O–H groups in total. The molecule has 7 heteroatoms. The molecular weight excluding hydrogens is 422 g/mol. The maximum absolute atomic E-state index is 12.9. The van der Waals surface area contributed by atoms with Gasteiger partial charge in [-0.15, -0.1) is 24.0 Å². The van der Waals surface area contributed by atoms with Crippen LogP contribution < -0.4 is 11.1 Å². The van der Waals surface area contributed by atoms with Crippen LogP contribution in [0.5, 0.6) is 0 Å². The van der Waals surface area contributed by atoms with Crippen LogP contribution in [0.2, 0.25) is 0 Å². The van der Waals surface area contributed by atoms with Gasteiger partial charge in [0.25, 0.3) is 0 Å². The van der Waals surface area contributed by atoms with E-state index in [2.05, 4.69) is 15.2 Å². The molecule has 1 atom stereocenters. The number of nitrogens with zero attached hydrogens (tertiary/aromatic N) is 2. The second-order valence-corrected chi connectivity index (χ2v) is 5.98. The zero-order valence-electron chi connectivity index (χ0n) is 14.0. The Labute approximate surface area is 159 Å². The molecule has 1 aliphatic rings. The molecule has 134 valence electrons.